The summed E-state index contributed by atoms with van der Waals surface area (Å²) >= 11 is 0. The molecular weight excluding hydrogens is 276 g/mol. The maximum Gasteiger partial charge on any atom is 0.262 e. The van der Waals surface area contributed by atoms with Crippen LogP contribution in [0.5, 0.6) is 5.75 Å². The van der Waals surface area contributed by atoms with E-state index in [1.54, 1.807) is 13.2 Å². The number of carbonyl (C=O) groups is 1. The van der Waals surface area contributed by atoms with Crippen molar-refractivity contribution in [2.75, 3.05) is 7.11 Å². The van der Waals surface area contributed by atoms with E-state index in [1.165, 1.54) is 6.42 Å². The van der Waals surface area contributed by atoms with Gasteiger partial charge in [-0.15, -0.1) is 0 Å². The number of amides is 1. The Kier molecular flexibility index (Phi) is 5.60. The number of benzene rings is 1. The van der Waals surface area contributed by atoms with Crippen LogP contribution in [0.1, 0.15) is 43.2 Å². The fraction of sp³-hybridized carbons (Fsp3) is 0.444. The van der Waals surface area contributed by atoms with E-state index in [9.17, 15) is 10.1 Å². The van der Waals surface area contributed by atoms with Crippen LogP contribution in [0.3, 0.4) is 0 Å². The first-order valence-corrected chi connectivity index (χ1v) is 7.71. The molecule has 0 heterocycles. The Morgan fingerprint density at radius 2 is 2.09 bits per heavy atom. The number of methoxy groups -OCH3 is 1. The summed E-state index contributed by atoms with van der Waals surface area (Å²) in [4.78, 5) is 12.3. The van der Waals surface area contributed by atoms with Gasteiger partial charge < -0.3 is 10.1 Å². The van der Waals surface area contributed by atoms with Crippen LogP contribution in [0.2, 0.25) is 0 Å². The molecule has 0 aromatic heterocycles. The second-order valence-electron chi connectivity index (χ2n) is 5.72. The number of ether oxygens (including phenoxy) is 1. The molecule has 1 aromatic carbocycles. The summed E-state index contributed by atoms with van der Waals surface area (Å²) in [6.45, 7) is 1.96. The Bertz CT molecular complexity index is 608. The van der Waals surface area contributed by atoms with Crippen molar-refractivity contribution in [2.45, 2.75) is 45.1 Å². The van der Waals surface area contributed by atoms with Crippen molar-refractivity contribution < 1.29 is 9.53 Å². The third-order valence-corrected chi connectivity index (χ3v) is 3.99. The Balaban J connectivity index is 2.18. The Morgan fingerprint density at radius 3 is 2.73 bits per heavy atom. The Labute approximate surface area is 131 Å². The van der Waals surface area contributed by atoms with Gasteiger partial charge in [0.25, 0.3) is 5.91 Å². The highest BCUT2D eigenvalue weighted by molar-refractivity contribution is 6.02. The largest absolute Gasteiger partial charge is 0.496 e. The summed E-state index contributed by atoms with van der Waals surface area (Å²) in [5, 5.41) is 12.3. The van der Waals surface area contributed by atoms with E-state index in [4.69, 9.17) is 4.74 Å². The molecule has 4 nitrogen and oxygen atoms in total. The average Bonchev–Trinajstić information content (AvgIpc) is 2.53. The lowest BCUT2D eigenvalue weighted by molar-refractivity contribution is -0.117. The van der Waals surface area contributed by atoms with Crippen molar-refractivity contribution in [1.29, 1.82) is 5.26 Å². The number of carbonyl (C=O) groups excluding carboxylic acids is 1. The molecule has 2 rings (SSSR count). The fourth-order valence-electron chi connectivity index (χ4n) is 2.78. The Morgan fingerprint density at radius 1 is 1.36 bits per heavy atom. The molecule has 0 aliphatic heterocycles. The summed E-state index contributed by atoms with van der Waals surface area (Å²) < 4.78 is 5.29. The van der Waals surface area contributed by atoms with Crippen LogP contribution in [-0.2, 0) is 4.79 Å². The quantitative estimate of drug-likeness (QED) is 0.685. The van der Waals surface area contributed by atoms with Crippen LogP contribution in [0, 0.1) is 18.3 Å². The zero-order valence-corrected chi connectivity index (χ0v) is 13.2. The first kappa shape index (κ1) is 16.1. The number of nitrogens with zero attached hydrogens (tertiary/aromatic N) is 1. The van der Waals surface area contributed by atoms with E-state index in [-0.39, 0.29) is 17.5 Å². The fourth-order valence-corrected chi connectivity index (χ4v) is 2.78. The zero-order valence-electron chi connectivity index (χ0n) is 13.2. The van der Waals surface area contributed by atoms with Crippen LogP contribution >= 0.6 is 0 Å². The molecule has 1 N–H and O–H groups in total. The van der Waals surface area contributed by atoms with Gasteiger partial charge in [0, 0.05) is 11.6 Å². The molecule has 1 aliphatic carbocycles. The van der Waals surface area contributed by atoms with Crippen LogP contribution in [0.15, 0.2) is 23.8 Å². The van der Waals surface area contributed by atoms with E-state index in [0.29, 0.717) is 5.75 Å². The first-order chi connectivity index (χ1) is 10.6. The minimum Gasteiger partial charge on any atom is -0.496 e. The van der Waals surface area contributed by atoms with Gasteiger partial charge in [-0.25, -0.2) is 0 Å². The maximum atomic E-state index is 12.3. The van der Waals surface area contributed by atoms with Crippen molar-refractivity contribution in [3.05, 3.63) is 34.9 Å². The van der Waals surface area contributed by atoms with E-state index in [2.05, 4.69) is 5.32 Å². The highest BCUT2D eigenvalue weighted by Gasteiger charge is 2.18. The van der Waals surface area contributed by atoms with Gasteiger partial charge in [0.15, 0.2) is 0 Å². The number of hydrogen-bond donors (Lipinski definition) is 1. The van der Waals surface area contributed by atoms with Gasteiger partial charge in [-0.3, -0.25) is 4.79 Å². The van der Waals surface area contributed by atoms with Gasteiger partial charge in [-0.2, -0.15) is 5.26 Å². The number of aryl methyl sites for hydroxylation is 1. The summed E-state index contributed by atoms with van der Waals surface area (Å²) in [6.07, 6.45) is 7.11. The molecule has 1 amide bonds. The summed E-state index contributed by atoms with van der Waals surface area (Å²) in [5.74, 6) is 0.363. The first-order valence-electron chi connectivity index (χ1n) is 7.71. The van der Waals surface area contributed by atoms with Crippen molar-refractivity contribution in [2.24, 2.45) is 0 Å². The van der Waals surface area contributed by atoms with E-state index >= 15 is 0 Å². The molecule has 1 aliphatic rings. The molecule has 0 spiro atoms. The predicted molar refractivity (Wildman–Crippen MR) is 86.3 cm³/mol. The Hall–Kier alpha value is -2.28. The van der Waals surface area contributed by atoms with Crippen molar-refractivity contribution in [3.63, 3.8) is 0 Å². The molecule has 22 heavy (non-hydrogen) atoms. The topological polar surface area (TPSA) is 62.1 Å². The highest BCUT2D eigenvalue weighted by Crippen LogP contribution is 2.23. The summed E-state index contributed by atoms with van der Waals surface area (Å²) in [6, 6.07) is 7.88. The van der Waals surface area contributed by atoms with Crippen LogP contribution in [0.4, 0.5) is 0 Å². The third kappa shape index (κ3) is 4.11. The second-order valence-corrected chi connectivity index (χ2v) is 5.72. The minimum atomic E-state index is -0.294. The second kappa shape index (κ2) is 7.65. The number of nitrogens with one attached hydrogen (secondary N) is 1. The van der Waals surface area contributed by atoms with Crippen LogP contribution in [-0.4, -0.2) is 19.1 Å². The average molecular weight is 298 g/mol. The lowest BCUT2D eigenvalue weighted by Gasteiger charge is -2.22. The molecule has 1 aromatic rings. The van der Waals surface area contributed by atoms with Crippen LogP contribution < -0.4 is 10.1 Å². The zero-order chi connectivity index (χ0) is 15.9. The summed E-state index contributed by atoms with van der Waals surface area (Å²) in [7, 11) is 1.58. The molecule has 0 atom stereocenters. The molecular formula is C18H22N2O2. The molecule has 0 radical (unpaired) electrons. The highest BCUT2D eigenvalue weighted by atomic mass is 16.5. The standard InChI is InChI=1S/C18H22N2O2/c1-13-8-9-17(22-2)14(10-13)11-15(12-19)18(21)20-16-6-4-3-5-7-16/h8-11,16H,3-7H2,1-2H3,(H,20,21)/b15-11+. The number of nitriles is 1. The minimum absolute atomic E-state index is 0.120. The number of rotatable bonds is 4. The van der Waals surface area contributed by atoms with Gasteiger partial charge in [0.1, 0.15) is 17.4 Å². The van der Waals surface area contributed by atoms with E-state index < -0.39 is 0 Å². The van der Waals surface area contributed by atoms with Gasteiger partial charge in [0.05, 0.1) is 7.11 Å². The summed E-state index contributed by atoms with van der Waals surface area (Å²) in [5.41, 5.74) is 1.92. The van der Waals surface area contributed by atoms with E-state index in [0.717, 1.165) is 36.8 Å². The van der Waals surface area contributed by atoms with Gasteiger partial charge in [-0.1, -0.05) is 30.9 Å². The molecule has 0 bridgehead atoms. The van der Waals surface area contributed by atoms with Crippen LogP contribution in [0.25, 0.3) is 6.08 Å². The third-order valence-electron chi connectivity index (χ3n) is 3.99. The van der Waals surface area contributed by atoms with Gasteiger partial charge >= 0.3 is 0 Å². The normalized spacial score (nSPS) is 16.0. The molecule has 0 saturated heterocycles. The molecule has 1 fully saturated rings. The lowest BCUT2D eigenvalue weighted by atomic mass is 9.95. The van der Waals surface area contributed by atoms with Crippen molar-refractivity contribution >= 4 is 12.0 Å². The predicted octanol–water partition coefficient (Wildman–Crippen LogP) is 3.36. The van der Waals surface area contributed by atoms with Crippen molar-refractivity contribution in [3.8, 4) is 11.8 Å². The smallest absolute Gasteiger partial charge is 0.262 e. The van der Waals surface area contributed by atoms with Gasteiger partial charge in [0.2, 0.25) is 0 Å². The SMILES string of the molecule is COc1ccc(C)cc1/C=C(\C#N)C(=O)NC1CCCCC1. The molecule has 1 saturated carbocycles. The monoisotopic (exact) mass is 298 g/mol. The lowest BCUT2D eigenvalue weighted by Crippen LogP contribution is -2.36. The molecule has 0 unspecified atom stereocenters. The number of hydrogen-bond acceptors (Lipinski definition) is 3. The van der Waals surface area contributed by atoms with Crippen molar-refractivity contribution in [1.82, 2.24) is 5.32 Å². The molecule has 4 heteroatoms. The van der Waals surface area contributed by atoms with E-state index in [1.807, 2.05) is 31.2 Å². The molecule has 116 valence electrons. The van der Waals surface area contributed by atoms with Gasteiger partial charge in [-0.05, 0) is 38.0 Å². The maximum absolute atomic E-state index is 12.3.